The Bertz CT molecular complexity index is 721. The number of anilines is 1. The van der Waals surface area contributed by atoms with Crippen molar-refractivity contribution in [3.05, 3.63) is 22.2 Å². The maximum Gasteiger partial charge on any atom is 0.320 e. The SMILES string of the molecule is O=C(CN1CCCCC1C(=O)O)Nc1cc2c(cc1[N+](=O)[O-])OCO2. The summed E-state index contributed by atoms with van der Waals surface area (Å²) in [6.07, 6.45) is 2.08. The van der Waals surface area contributed by atoms with Crippen LogP contribution in [-0.4, -0.2) is 52.7 Å². The van der Waals surface area contributed by atoms with Gasteiger partial charge in [-0.2, -0.15) is 0 Å². The minimum absolute atomic E-state index is 0.0110. The van der Waals surface area contributed by atoms with Crippen molar-refractivity contribution in [2.24, 2.45) is 0 Å². The Morgan fingerprint density at radius 1 is 1.32 bits per heavy atom. The molecule has 3 rings (SSSR count). The van der Waals surface area contributed by atoms with Gasteiger partial charge in [0.25, 0.3) is 5.69 Å². The van der Waals surface area contributed by atoms with Crippen LogP contribution in [-0.2, 0) is 9.59 Å². The number of carbonyl (C=O) groups is 2. The number of nitrogens with one attached hydrogen (secondary N) is 1. The second-order valence-corrected chi connectivity index (χ2v) is 5.85. The number of aliphatic carboxylic acids is 1. The van der Waals surface area contributed by atoms with Crippen LogP contribution in [0.3, 0.4) is 0 Å². The Balaban J connectivity index is 1.74. The van der Waals surface area contributed by atoms with E-state index in [0.29, 0.717) is 18.7 Å². The number of carboxylic acid groups (broad SMARTS) is 1. The maximum atomic E-state index is 12.3. The number of hydrogen-bond acceptors (Lipinski definition) is 7. The summed E-state index contributed by atoms with van der Waals surface area (Å²) in [5, 5.41) is 22.9. The number of likely N-dealkylation sites (tertiary alicyclic amines) is 1. The summed E-state index contributed by atoms with van der Waals surface area (Å²) in [5.41, 5.74) is -0.325. The van der Waals surface area contributed by atoms with Crippen LogP contribution in [0.4, 0.5) is 11.4 Å². The summed E-state index contributed by atoms with van der Waals surface area (Å²) in [6, 6.07) is 1.81. The Hall–Kier alpha value is -2.88. The molecule has 25 heavy (non-hydrogen) atoms. The maximum absolute atomic E-state index is 12.3. The van der Waals surface area contributed by atoms with Crippen LogP contribution in [0.2, 0.25) is 0 Å². The molecule has 1 fully saturated rings. The molecule has 1 amide bonds. The van der Waals surface area contributed by atoms with Crippen LogP contribution in [0.15, 0.2) is 12.1 Å². The highest BCUT2D eigenvalue weighted by molar-refractivity contribution is 5.95. The first-order valence-corrected chi connectivity index (χ1v) is 7.80. The molecule has 10 heteroatoms. The molecule has 0 saturated carbocycles. The number of ether oxygens (including phenoxy) is 2. The number of rotatable bonds is 5. The van der Waals surface area contributed by atoms with Crippen molar-refractivity contribution in [2.75, 3.05) is 25.2 Å². The van der Waals surface area contributed by atoms with Crippen LogP contribution in [0, 0.1) is 10.1 Å². The normalized spacial score (nSPS) is 19.4. The van der Waals surface area contributed by atoms with E-state index >= 15 is 0 Å². The number of carbonyl (C=O) groups excluding carboxylic acids is 1. The van der Waals surface area contributed by atoms with Gasteiger partial charge in [0.15, 0.2) is 11.5 Å². The van der Waals surface area contributed by atoms with Gasteiger partial charge in [-0.25, -0.2) is 0 Å². The van der Waals surface area contributed by atoms with Crippen LogP contribution < -0.4 is 14.8 Å². The molecular weight excluding hydrogens is 334 g/mol. The standard InChI is InChI=1S/C15H17N3O7/c19-14(7-17-4-2-1-3-10(17)15(20)21)16-9-5-12-13(25-8-24-12)6-11(9)18(22)23/h5-6,10H,1-4,7-8H2,(H,16,19)(H,20,21). The Morgan fingerprint density at radius 3 is 2.72 bits per heavy atom. The first-order chi connectivity index (χ1) is 12.0. The van der Waals surface area contributed by atoms with Crippen LogP contribution in [0.5, 0.6) is 11.5 Å². The lowest BCUT2D eigenvalue weighted by molar-refractivity contribution is -0.384. The molecule has 1 saturated heterocycles. The predicted octanol–water partition coefficient (Wildman–Crippen LogP) is 1.20. The van der Waals surface area contributed by atoms with E-state index in [4.69, 9.17) is 9.47 Å². The second kappa shape index (κ2) is 6.93. The number of nitro groups is 1. The largest absolute Gasteiger partial charge is 0.480 e. The average molecular weight is 351 g/mol. The first kappa shape index (κ1) is 17.0. The highest BCUT2D eigenvalue weighted by atomic mass is 16.7. The van der Waals surface area contributed by atoms with Gasteiger partial charge in [-0.05, 0) is 19.4 Å². The molecule has 2 N–H and O–H groups in total. The van der Waals surface area contributed by atoms with Gasteiger partial charge in [0, 0.05) is 6.07 Å². The lowest BCUT2D eigenvalue weighted by Crippen LogP contribution is -2.47. The first-order valence-electron chi connectivity index (χ1n) is 7.80. The van der Waals surface area contributed by atoms with E-state index in [9.17, 15) is 24.8 Å². The molecule has 10 nitrogen and oxygen atoms in total. The third kappa shape index (κ3) is 3.63. The number of nitrogens with zero attached hydrogens (tertiary/aromatic N) is 2. The van der Waals surface area contributed by atoms with E-state index in [-0.39, 0.29) is 30.5 Å². The molecule has 2 aliphatic heterocycles. The van der Waals surface area contributed by atoms with Crippen LogP contribution in [0.25, 0.3) is 0 Å². The predicted molar refractivity (Wildman–Crippen MR) is 84.7 cm³/mol. The number of fused-ring (bicyclic) bond motifs is 1. The van der Waals surface area contributed by atoms with Gasteiger partial charge in [0.2, 0.25) is 12.7 Å². The van der Waals surface area contributed by atoms with Crippen molar-refractivity contribution in [1.82, 2.24) is 4.90 Å². The van der Waals surface area contributed by atoms with Crippen molar-refractivity contribution < 1.29 is 29.1 Å². The Labute approximate surface area is 142 Å². The number of hydrogen-bond donors (Lipinski definition) is 2. The van der Waals surface area contributed by atoms with Gasteiger partial charge in [-0.15, -0.1) is 0 Å². The zero-order valence-electron chi connectivity index (χ0n) is 13.3. The van der Waals surface area contributed by atoms with Crippen LogP contribution >= 0.6 is 0 Å². The highest BCUT2D eigenvalue weighted by Crippen LogP contribution is 2.40. The van der Waals surface area contributed by atoms with E-state index in [1.807, 2.05) is 0 Å². The molecular formula is C15H17N3O7. The zero-order chi connectivity index (χ0) is 18.0. The van der Waals surface area contributed by atoms with Gasteiger partial charge in [-0.1, -0.05) is 6.42 Å². The molecule has 1 aromatic carbocycles. The molecule has 2 aliphatic rings. The van der Waals surface area contributed by atoms with E-state index in [0.717, 1.165) is 12.8 Å². The summed E-state index contributed by atoms with van der Waals surface area (Å²) >= 11 is 0. The zero-order valence-corrected chi connectivity index (χ0v) is 13.3. The van der Waals surface area contributed by atoms with Gasteiger partial charge in [0.1, 0.15) is 11.7 Å². The number of carboxylic acids is 1. The molecule has 1 aromatic rings. The van der Waals surface area contributed by atoms with Crippen molar-refractivity contribution in [3.8, 4) is 11.5 Å². The number of amides is 1. The van der Waals surface area contributed by atoms with Crippen molar-refractivity contribution in [2.45, 2.75) is 25.3 Å². The summed E-state index contributed by atoms with van der Waals surface area (Å²) < 4.78 is 10.3. The summed E-state index contributed by atoms with van der Waals surface area (Å²) in [7, 11) is 0. The van der Waals surface area contributed by atoms with Gasteiger partial charge in [-0.3, -0.25) is 24.6 Å². The minimum Gasteiger partial charge on any atom is -0.480 e. The van der Waals surface area contributed by atoms with E-state index < -0.39 is 22.8 Å². The minimum atomic E-state index is -0.971. The fourth-order valence-corrected chi connectivity index (χ4v) is 3.02. The van der Waals surface area contributed by atoms with E-state index in [1.54, 1.807) is 4.90 Å². The van der Waals surface area contributed by atoms with E-state index in [1.165, 1.54) is 12.1 Å². The Kier molecular flexibility index (Phi) is 4.70. The number of nitro benzene ring substituents is 1. The second-order valence-electron chi connectivity index (χ2n) is 5.85. The third-order valence-corrected chi connectivity index (χ3v) is 4.21. The molecule has 0 bridgehead atoms. The summed E-state index contributed by atoms with van der Waals surface area (Å²) in [6.45, 7) is 0.300. The summed E-state index contributed by atoms with van der Waals surface area (Å²) in [4.78, 5) is 35.7. The molecule has 1 atom stereocenters. The lowest BCUT2D eigenvalue weighted by atomic mass is 10.0. The third-order valence-electron chi connectivity index (χ3n) is 4.21. The average Bonchev–Trinajstić information content (AvgIpc) is 3.01. The summed E-state index contributed by atoms with van der Waals surface area (Å²) in [5.74, 6) is -0.939. The molecule has 0 aromatic heterocycles. The molecule has 0 radical (unpaired) electrons. The monoisotopic (exact) mass is 351 g/mol. The fraction of sp³-hybridized carbons (Fsp3) is 0.467. The fourth-order valence-electron chi connectivity index (χ4n) is 3.02. The van der Waals surface area contributed by atoms with Crippen molar-refractivity contribution in [3.63, 3.8) is 0 Å². The lowest BCUT2D eigenvalue weighted by Gasteiger charge is -2.32. The van der Waals surface area contributed by atoms with E-state index in [2.05, 4.69) is 5.32 Å². The molecule has 1 unspecified atom stereocenters. The highest BCUT2D eigenvalue weighted by Gasteiger charge is 2.30. The van der Waals surface area contributed by atoms with Gasteiger partial charge < -0.3 is 19.9 Å². The quantitative estimate of drug-likeness (QED) is 0.597. The molecule has 134 valence electrons. The molecule has 0 aliphatic carbocycles. The van der Waals surface area contributed by atoms with Gasteiger partial charge >= 0.3 is 5.97 Å². The van der Waals surface area contributed by atoms with Crippen LogP contribution in [0.1, 0.15) is 19.3 Å². The smallest absolute Gasteiger partial charge is 0.320 e. The van der Waals surface area contributed by atoms with Crippen molar-refractivity contribution in [1.29, 1.82) is 0 Å². The topological polar surface area (TPSA) is 131 Å². The number of piperidine rings is 1. The van der Waals surface area contributed by atoms with Gasteiger partial charge in [0.05, 0.1) is 17.5 Å². The Morgan fingerprint density at radius 2 is 2.04 bits per heavy atom. The molecule has 0 spiro atoms. The van der Waals surface area contributed by atoms with Crippen molar-refractivity contribution >= 4 is 23.3 Å². The molecule has 2 heterocycles. The number of benzene rings is 1.